The molecule has 0 saturated carbocycles. The van der Waals surface area contributed by atoms with Crippen molar-refractivity contribution in [3.05, 3.63) is 50.6 Å². The number of hydrogen-bond donors (Lipinski definition) is 1. The lowest BCUT2D eigenvalue weighted by Crippen LogP contribution is -2.24. The van der Waals surface area contributed by atoms with Gasteiger partial charge in [-0.2, -0.15) is 0 Å². The molecule has 2 heterocycles. The maximum atomic E-state index is 13.3. The Morgan fingerprint density at radius 2 is 1.92 bits per heavy atom. The molecule has 5 heteroatoms. The van der Waals surface area contributed by atoms with Gasteiger partial charge in [-0.3, -0.25) is 9.36 Å². The van der Waals surface area contributed by atoms with Gasteiger partial charge < -0.3 is 5.32 Å². The van der Waals surface area contributed by atoms with E-state index in [0.717, 1.165) is 41.6 Å². The molecule has 3 aromatic rings. The Balaban J connectivity index is 1.82. The van der Waals surface area contributed by atoms with Crippen molar-refractivity contribution < 1.29 is 0 Å². The number of anilines is 2. The third-order valence-electron chi connectivity index (χ3n) is 5.14. The topological polar surface area (TPSA) is 46.9 Å². The van der Waals surface area contributed by atoms with Crippen molar-refractivity contribution >= 4 is 33.2 Å². The van der Waals surface area contributed by atoms with Crippen LogP contribution >= 0.6 is 11.3 Å². The summed E-state index contributed by atoms with van der Waals surface area (Å²) in [4.78, 5) is 20.4. The van der Waals surface area contributed by atoms with Crippen molar-refractivity contribution in [3.8, 4) is 0 Å². The van der Waals surface area contributed by atoms with E-state index in [1.165, 1.54) is 28.8 Å². The Morgan fingerprint density at radius 1 is 1.15 bits per heavy atom. The van der Waals surface area contributed by atoms with Crippen molar-refractivity contribution in [2.45, 2.75) is 58.9 Å². The molecule has 1 aliphatic carbocycles. The van der Waals surface area contributed by atoms with E-state index in [0.29, 0.717) is 12.5 Å². The summed E-state index contributed by atoms with van der Waals surface area (Å²) in [5, 5.41) is 4.25. The summed E-state index contributed by atoms with van der Waals surface area (Å²) < 4.78 is 1.82. The van der Waals surface area contributed by atoms with Crippen LogP contribution in [0.3, 0.4) is 0 Å². The van der Waals surface area contributed by atoms with E-state index in [-0.39, 0.29) is 5.56 Å². The van der Waals surface area contributed by atoms with Crippen molar-refractivity contribution in [1.29, 1.82) is 0 Å². The van der Waals surface area contributed by atoms with Crippen LogP contribution in [0.25, 0.3) is 10.2 Å². The van der Waals surface area contributed by atoms with Crippen LogP contribution in [-0.2, 0) is 25.8 Å². The van der Waals surface area contributed by atoms with E-state index >= 15 is 0 Å². The standard InChI is InChI=1S/C21H25N3OS/c1-3-13-24-20(25)18-16-7-5-6-8-17(16)26-19(18)23-21(24)22-15-11-9-14(4-2)10-12-15/h9-12H,3-8,13H2,1-2H3,(H,22,23). The van der Waals surface area contributed by atoms with E-state index in [4.69, 9.17) is 4.98 Å². The van der Waals surface area contributed by atoms with Gasteiger partial charge in [0, 0.05) is 17.1 Å². The molecule has 1 N–H and O–H groups in total. The van der Waals surface area contributed by atoms with Gasteiger partial charge in [0.25, 0.3) is 5.56 Å². The lowest BCUT2D eigenvalue weighted by Gasteiger charge is -2.14. The van der Waals surface area contributed by atoms with Crippen LogP contribution in [-0.4, -0.2) is 9.55 Å². The quantitative estimate of drug-likeness (QED) is 0.686. The number of hydrogen-bond acceptors (Lipinski definition) is 4. The van der Waals surface area contributed by atoms with E-state index in [1.807, 2.05) is 4.57 Å². The number of thiophene rings is 1. The molecule has 0 bridgehead atoms. The summed E-state index contributed by atoms with van der Waals surface area (Å²) in [5.41, 5.74) is 3.65. The number of benzene rings is 1. The van der Waals surface area contributed by atoms with Crippen molar-refractivity contribution in [2.75, 3.05) is 5.32 Å². The lowest BCUT2D eigenvalue weighted by molar-refractivity contribution is 0.655. The first-order valence-electron chi connectivity index (χ1n) is 9.62. The normalized spacial score (nSPS) is 13.8. The van der Waals surface area contributed by atoms with Gasteiger partial charge in [-0.1, -0.05) is 26.0 Å². The molecule has 1 aromatic carbocycles. The molecule has 4 nitrogen and oxygen atoms in total. The molecular weight excluding hydrogens is 342 g/mol. The van der Waals surface area contributed by atoms with Crippen LogP contribution in [0.2, 0.25) is 0 Å². The molecule has 136 valence electrons. The molecule has 0 atom stereocenters. The van der Waals surface area contributed by atoms with Gasteiger partial charge in [0.2, 0.25) is 5.95 Å². The fourth-order valence-electron chi connectivity index (χ4n) is 3.72. The van der Waals surface area contributed by atoms with Gasteiger partial charge in [-0.15, -0.1) is 11.3 Å². The van der Waals surface area contributed by atoms with Gasteiger partial charge in [0.15, 0.2) is 0 Å². The van der Waals surface area contributed by atoms with E-state index in [1.54, 1.807) is 11.3 Å². The summed E-state index contributed by atoms with van der Waals surface area (Å²) >= 11 is 1.71. The maximum absolute atomic E-state index is 13.3. The largest absolute Gasteiger partial charge is 0.325 e. The second-order valence-electron chi connectivity index (χ2n) is 6.96. The monoisotopic (exact) mass is 367 g/mol. The van der Waals surface area contributed by atoms with E-state index < -0.39 is 0 Å². The molecular formula is C21H25N3OS. The van der Waals surface area contributed by atoms with Crippen molar-refractivity contribution in [3.63, 3.8) is 0 Å². The summed E-state index contributed by atoms with van der Waals surface area (Å²) in [6.07, 6.45) is 6.43. The highest BCUT2D eigenvalue weighted by Gasteiger charge is 2.21. The zero-order valence-electron chi connectivity index (χ0n) is 15.5. The van der Waals surface area contributed by atoms with Crippen LogP contribution < -0.4 is 10.9 Å². The first-order valence-corrected chi connectivity index (χ1v) is 10.4. The molecule has 0 spiro atoms. The van der Waals surface area contributed by atoms with E-state index in [9.17, 15) is 4.79 Å². The van der Waals surface area contributed by atoms with Gasteiger partial charge in [0.05, 0.1) is 5.39 Å². The summed E-state index contributed by atoms with van der Waals surface area (Å²) in [5.74, 6) is 0.659. The average Bonchev–Trinajstić information content (AvgIpc) is 3.04. The molecule has 0 amide bonds. The Kier molecular flexibility index (Phi) is 4.81. The number of fused-ring (bicyclic) bond motifs is 3. The Bertz CT molecular complexity index is 985. The van der Waals surface area contributed by atoms with Gasteiger partial charge >= 0.3 is 0 Å². The first-order chi connectivity index (χ1) is 12.7. The van der Waals surface area contributed by atoms with E-state index in [2.05, 4.69) is 43.4 Å². The predicted octanol–water partition coefficient (Wildman–Crippen LogP) is 5.05. The number of aromatic nitrogens is 2. The second kappa shape index (κ2) is 7.23. The summed E-state index contributed by atoms with van der Waals surface area (Å²) in [7, 11) is 0. The smallest absolute Gasteiger partial charge is 0.263 e. The van der Waals surface area contributed by atoms with Gasteiger partial charge in [-0.05, 0) is 61.8 Å². The summed E-state index contributed by atoms with van der Waals surface area (Å²) in [6.45, 7) is 4.93. The minimum absolute atomic E-state index is 0.115. The van der Waals surface area contributed by atoms with Crippen LogP contribution in [0.1, 0.15) is 49.1 Å². The van der Waals surface area contributed by atoms with Gasteiger partial charge in [-0.25, -0.2) is 4.98 Å². The molecule has 4 rings (SSSR count). The molecule has 2 aromatic heterocycles. The minimum Gasteiger partial charge on any atom is -0.325 e. The SMILES string of the molecule is CCCn1c(Nc2ccc(CC)cc2)nc2sc3c(c2c1=O)CCCC3. The zero-order valence-corrected chi connectivity index (χ0v) is 16.3. The Hall–Kier alpha value is -2.14. The summed E-state index contributed by atoms with van der Waals surface area (Å²) in [6, 6.07) is 8.36. The van der Waals surface area contributed by atoms with Crippen LogP contribution in [0.5, 0.6) is 0 Å². The fourth-order valence-corrected chi connectivity index (χ4v) is 4.97. The molecule has 0 unspecified atom stereocenters. The highest BCUT2D eigenvalue weighted by Crippen LogP contribution is 2.34. The molecule has 26 heavy (non-hydrogen) atoms. The number of nitrogens with zero attached hydrogens (tertiary/aromatic N) is 2. The predicted molar refractivity (Wildman–Crippen MR) is 110 cm³/mol. The highest BCUT2D eigenvalue weighted by atomic mass is 32.1. The Morgan fingerprint density at radius 3 is 2.65 bits per heavy atom. The van der Waals surface area contributed by atoms with Crippen LogP contribution in [0.15, 0.2) is 29.1 Å². The molecule has 0 fully saturated rings. The van der Waals surface area contributed by atoms with Crippen molar-refractivity contribution in [1.82, 2.24) is 9.55 Å². The number of nitrogens with one attached hydrogen (secondary N) is 1. The van der Waals surface area contributed by atoms with Crippen LogP contribution in [0, 0.1) is 0 Å². The minimum atomic E-state index is 0.115. The second-order valence-corrected chi connectivity index (χ2v) is 8.04. The Labute approximate surface area is 157 Å². The third kappa shape index (κ3) is 3.05. The zero-order chi connectivity index (χ0) is 18.1. The number of aryl methyl sites for hydroxylation is 3. The fraction of sp³-hybridized carbons (Fsp3) is 0.429. The van der Waals surface area contributed by atoms with Gasteiger partial charge in [0.1, 0.15) is 4.83 Å². The van der Waals surface area contributed by atoms with Crippen LogP contribution in [0.4, 0.5) is 11.6 Å². The first kappa shape index (κ1) is 17.3. The molecule has 1 aliphatic rings. The van der Waals surface area contributed by atoms with Crippen molar-refractivity contribution in [2.24, 2.45) is 0 Å². The molecule has 0 aliphatic heterocycles. The lowest BCUT2D eigenvalue weighted by atomic mass is 9.97. The third-order valence-corrected chi connectivity index (χ3v) is 6.33. The highest BCUT2D eigenvalue weighted by molar-refractivity contribution is 7.18. The number of rotatable bonds is 5. The average molecular weight is 368 g/mol. The maximum Gasteiger partial charge on any atom is 0.263 e. The molecule has 0 radical (unpaired) electrons. The molecule has 0 saturated heterocycles.